The Hall–Kier alpha value is -7.17. The minimum absolute atomic E-state index is 0.124. The summed E-state index contributed by atoms with van der Waals surface area (Å²) < 4.78 is 6.64. The number of hydrogen-bond donors (Lipinski definition) is 0. The molecule has 1 aliphatic heterocycles. The van der Waals surface area contributed by atoms with Crippen molar-refractivity contribution < 1.29 is 4.74 Å². The molecule has 8 aromatic carbocycles. The van der Waals surface area contributed by atoms with Crippen molar-refractivity contribution in [1.82, 2.24) is 15.0 Å². The number of hydrogen-bond acceptors (Lipinski definition) is 4. The molecule has 0 unspecified atom stereocenters. The lowest BCUT2D eigenvalue weighted by atomic mass is 9.81. The SMILES string of the molecule is CC1(C)c2ccccc2-c2ccc(-c3cc(-c4ccc5c(c4)Oc4cccc6cccc-5c46)cc(-c4nc(-c5ccccc5)nc(-c5ccccc5)n4)c3)cc21. The second-order valence-corrected chi connectivity index (χ2v) is 15.2. The van der Waals surface area contributed by atoms with Gasteiger partial charge in [0.15, 0.2) is 17.5 Å². The summed E-state index contributed by atoms with van der Waals surface area (Å²) in [4.78, 5) is 15.3. The van der Waals surface area contributed by atoms with Crippen LogP contribution in [0.15, 0.2) is 176 Å². The van der Waals surface area contributed by atoms with Crippen LogP contribution in [0.4, 0.5) is 0 Å². The van der Waals surface area contributed by atoms with Crippen LogP contribution in [0.2, 0.25) is 0 Å². The molecule has 0 spiro atoms. The Morgan fingerprint density at radius 3 is 1.59 bits per heavy atom. The fraction of sp³-hybridized carbons (Fsp3) is 0.0577. The smallest absolute Gasteiger partial charge is 0.164 e. The molecule has 1 aromatic heterocycles. The maximum absolute atomic E-state index is 6.64. The molecule has 0 atom stereocenters. The van der Waals surface area contributed by atoms with Gasteiger partial charge in [0.2, 0.25) is 0 Å². The zero-order chi connectivity index (χ0) is 37.4. The highest BCUT2D eigenvalue weighted by Crippen LogP contribution is 2.51. The summed E-state index contributed by atoms with van der Waals surface area (Å²) in [6.07, 6.45) is 0. The first kappa shape index (κ1) is 32.3. The quantitative estimate of drug-likeness (QED) is 0.178. The van der Waals surface area contributed by atoms with Crippen LogP contribution in [0.3, 0.4) is 0 Å². The van der Waals surface area contributed by atoms with E-state index in [0.29, 0.717) is 17.5 Å². The number of nitrogens with zero attached hydrogens (tertiary/aromatic N) is 3. The lowest BCUT2D eigenvalue weighted by molar-refractivity contribution is 0.487. The number of aromatic nitrogens is 3. The third-order valence-corrected chi connectivity index (χ3v) is 11.5. The van der Waals surface area contributed by atoms with E-state index in [1.165, 1.54) is 33.2 Å². The molecule has 0 bridgehead atoms. The molecule has 2 heterocycles. The molecule has 0 fully saturated rings. The van der Waals surface area contributed by atoms with Crippen molar-refractivity contribution in [2.24, 2.45) is 0 Å². The summed E-state index contributed by atoms with van der Waals surface area (Å²) >= 11 is 0. The number of fused-ring (bicyclic) bond motifs is 5. The van der Waals surface area contributed by atoms with Gasteiger partial charge in [0.1, 0.15) is 11.5 Å². The van der Waals surface area contributed by atoms with Gasteiger partial charge >= 0.3 is 0 Å². The zero-order valence-electron chi connectivity index (χ0n) is 31.0. The zero-order valence-corrected chi connectivity index (χ0v) is 31.0. The summed E-state index contributed by atoms with van der Waals surface area (Å²) in [6.45, 7) is 4.66. The first-order chi connectivity index (χ1) is 27.5. The van der Waals surface area contributed by atoms with Crippen molar-refractivity contribution in [2.75, 3.05) is 0 Å². The van der Waals surface area contributed by atoms with Crippen LogP contribution in [-0.2, 0) is 5.41 Å². The van der Waals surface area contributed by atoms with Gasteiger partial charge in [0.25, 0.3) is 0 Å². The highest BCUT2D eigenvalue weighted by Gasteiger charge is 2.35. The van der Waals surface area contributed by atoms with E-state index < -0.39 is 0 Å². The maximum atomic E-state index is 6.64. The van der Waals surface area contributed by atoms with E-state index in [4.69, 9.17) is 19.7 Å². The van der Waals surface area contributed by atoms with Crippen molar-refractivity contribution in [1.29, 1.82) is 0 Å². The summed E-state index contributed by atoms with van der Waals surface area (Å²) in [5, 5.41) is 2.33. The Bertz CT molecular complexity index is 2960. The van der Waals surface area contributed by atoms with Gasteiger partial charge in [-0.25, -0.2) is 15.0 Å². The highest BCUT2D eigenvalue weighted by molar-refractivity contribution is 6.04. The molecule has 2 aliphatic rings. The number of rotatable bonds is 5. The van der Waals surface area contributed by atoms with Crippen LogP contribution in [0, 0.1) is 0 Å². The molecule has 264 valence electrons. The van der Waals surface area contributed by atoms with Crippen molar-refractivity contribution in [2.45, 2.75) is 19.3 Å². The Labute approximate surface area is 325 Å². The average Bonchev–Trinajstić information content (AvgIpc) is 3.49. The summed E-state index contributed by atoms with van der Waals surface area (Å²) in [6, 6.07) is 62.0. The minimum atomic E-state index is -0.124. The first-order valence-electron chi connectivity index (χ1n) is 19.1. The minimum Gasteiger partial charge on any atom is -0.456 e. The fourth-order valence-electron chi connectivity index (χ4n) is 8.65. The molecule has 11 rings (SSSR count). The Kier molecular flexibility index (Phi) is 7.17. The largest absolute Gasteiger partial charge is 0.456 e. The molecular formula is C52H35N3O. The van der Waals surface area contributed by atoms with Gasteiger partial charge in [0.05, 0.1) is 0 Å². The molecule has 4 heteroatoms. The molecule has 0 saturated carbocycles. The Morgan fingerprint density at radius 1 is 0.357 bits per heavy atom. The van der Waals surface area contributed by atoms with E-state index in [2.05, 4.69) is 129 Å². The Balaban J connectivity index is 1.11. The fourth-order valence-corrected chi connectivity index (χ4v) is 8.65. The second kappa shape index (κ2) is 12.4. The van der Waals surface area contributed by atoms with Crippen LogP contribution in [0.25, 0.3) is 89.4 Å². The predicted molar refractivity (Wildman–Crippen MR) is 228 cm³/mol. The van der Waals surface area contributed by atoms with E-state index in [1.54, 1.807) is 0 Å². The number of ether oxygens (including phenoxy) is 1. The van der Waals surface area contributed by atoms with Crippen molar-refractivity contribution in [3.8, 4) is 90.2 Å². The van der Waals surface area contributed by atoms with Gasteiger partial charge in [-0.15, -0.1) is 0 Å². The normalized spacial score (nSPS) is 13.1. The topological polar surface area (TPSA) is 47.9 Å². The third kappa shape index (κ3) is 5.18. The molecule has 9 aromatic rings. The van der Waals surface area contributed by atoms with E-state index in [0.717, 1.165) is 61.4 Å². The molecule has 0 saturated heterocycles. The van der Waals surface area contributed by atoms with Crippen LogP contribution >= 0.6 is 0 Å². The van der Waals surface area contributed by atoms with Crippen molar-refractivity contribution in [3.63, 3.8) is 0 Å². The van der Waals surface area contributed by atoms with E-state index in [-0.39, 0.29) is 5.41 Å². The molecular weight excluding hydrogens is 683 g/mol. The van der Waals surface area contributed by atoms with Crippen LogP contribution in [0.1, 0.15) is 25.0 Å². The van der Waals surface area contributed by atoms with Gasteiger partial charge in [-0.1, -0.05) is 147 Å². The standard InChI is InChI=1S/C52H35N3O/c1-52(2)44-21-10-9-19-40(44)41-25-23-35(30-45(41)52)37-27-38(36-24-26-42-43-20-11-17-32-18-12-22-46(48(32)43)56-47(42)31-36)29-39(28-37)51-54-49(33-13-5-3-6-14-33)53-50(55-51)34-15-7-4-8-16-34/h3-31H,1-2H3. The molecule has 0 radical (unpaired) electrons. The lowest BCUT2D eigenvalue weighted by Gasteiger charge is -2.22. The van der Waals surface area contributed by atoms with Crippen LogP contribution in [0.5, 0.6) is 11.5 Å². The van der Waals surface area contributed by atoms with Gasteiger partial charge in [-0.2, -0.15) is 0 Å². The van der Waals surface area contributed by atoms with Gasteiger partial charge < -0.3 is 4.74 Å². The molecule has 1 aliphatic carbocycles. The first-order valence-corrected chi connectivity index (χ1v) is 19.1. The Morgan fingerprint density at radius 2 is 0.893 bits per heavy atom. The maximum Gasteiger partial charge on any atom is 0.164 e. The molecule has 4 nitrogen and oxygen atoms in total. The highest BCUT2D eigenvalue weighted by atomic mass is 16.5. The van der Waals surface area contributed by atoms with E-state index in [1.807, 2.05) is 60.7 Å². The second-order valence-electron chi connectivity index (χ2n) is 15.2. The van der Waals surface area contributed by atoms with Crippen molar-refractivity contribution in [3.05, 3.63) is 187 Å². The monoisotopic (exact) mass is 717 g/mol. The summed E-state index contributed by atoms with van der Waals surface area (Å²) in [5.74, 6) is 3.60. The lowest BCUT2D eigenvalue weighted by Crippen LogP contribution is -2.14. The molecule has 0 amide bonds. The van der Waals surface area contributed by atoms with Gasteiger partial charge in [0, 0.05) is 33.1 Å². The third-order valence-electron chi connectivity index (χ3n) is 11.5. The van der Waals surface area contributed by atoms with Crippen molar-refractivity contribution >= 4 is 10.8 Å². The van der Waals surface area contributed by atoms with Crippen LogP contribution < -0.4 is 4.74 Å². The van der Waals surface area contributed by atoms with Gasteiger partial charge in [-0.3, -0.25) is 0 Å². The molecule has 56 heavy (non-hydrogen) atoms. The summed E-state index contributed by atoms with van der Waals surface area (Å²) in [7, 11) is 0. The number of benzene rings is 8. The predicted octanol–water partition coefficient (Wildman–Crippen LogP) is 13.4. The van der Waals surface area contributed by atoms with Gasteiger partial charge in [-0.05, 0) is 97.9 Å². The van der Waals surface area contributed by atoms with E-state index >= 15 is 0 Å². The van der Waals surface area contributed by atoms with E-state index in [9.17, 15) is 0 Å². The van der Waals surface area contributed by atoms with Crippen LogP contribution in [-0.4, -0.2) is 15.0 Å². The molecule has 0 N–H and O–H groups in total. The summed E-state index contributed by atoms with van der Waals surface area (Å²) in [5.41, 5.74) is 14.6. The average molecular weight is 718 g/mol.